The van der Waals surface area contributed by atoms with Gasteiger partial charge in [-0.25, -0.2) is 4.98 Å². The van der Waals surface area contributed by atoms with Crippen molar-refractivity contribution in [2.45, 2.75) is 32.9 Å². The molecule has 4 heteroatoms. The fourth-order valence-corrected chi connectivity index (χ4v) is 2.96. The van der Waals surface area contributed by atoms with Crippen LogP contribution < -0.4 is 5.32 Å². The van der Waals surface area contributed by atoms with Crippen molar-refractivity contribution in [1.29, 1.82) is 0 Å². The van der Waals surface area contributed by atoms with Crippen molar-refractivity contribution < 1.29 is 0 Å². The van der Waals surface area contributed by atoms with Crippen LogP contribution in [0.25, 0.3) is 0 Å². The van der Waals surface area contributed by atoms with E-state index in [2.05, 4.69) is 81.8 Å². The van der Waals surface area contributed by atoms with Crippen LogP contribution in [0.15, 0.2) is 36.7 Å². The Morgan fingerprint density at radius 2 is 2.11 bits per heavy atom. The Morgan fingerprint density at radius 1 is 1.32 bits per heavy atom. The number of aryl methyl sites for hydroxylation is 1. The van der Waals surface area contributed by atoms with Gasteiger partial charge in [-0.15, -0.1) is 0 Å². The van der Waals surface area contributed by atoms with Gasteiger partial charge in [0.15, 0.2) is 0 Å². The van der Waals surface area contributed by atoms with E-state index < -0.39 is 0 Å². The number of aromatic nitrogens is 2. The van der Waals surface area contributed by atoms with Crippen molar-refractivity contribution in [2.75, 3.05) is 6.54 Å². The molecule has 0 aliphatic rings. The van der Waals surface area contributed by atoms with Gasteiger partial charge in [-0.05, 0) is 47.2 Å². The number of nitrogens with one attached hydrogen (secondary N) is 1. The summed E-state index contributed by atoms with van der Waals surface area (Å²) in [7, 11) is 0. The maximum absolute atomic E-state index is 4.57. The molecule has 1 atom stereocenters. The highest BCUT2D eigenvalue weighted by molar-refractivity contribution is 14.1. The van der Waals surface area contributed by atoms with Crippen LogP contribution in [0, 0.1) is 3.57 Å². The third-order valence-electron chi connectivity index (χ3n) is 3.09. The van der Waals surface area contributed by atoms with E-state index in [1.165, 1.54) is 9.13 Å². The van der Waals surface area contributed by atoms with E-state index in [-0.39, 0.29) is 6.04 Å². The summed E-state index contributed by atoms with van der Waals surface area (Å²) in [5.74, 6) is 1.10. The molecule has 1 aromatic carbocycles. The van der Waals surface area contributed by atoms with Gasteiger partial charge in [0.1, 0.15) is 5.82 Å². The van der Waals surface area contributed by atoms with Crippen LogP contribution in [0.5, 0.6) is 0 Å². The first kappa shape index (κ1) is 14.5. The quantitative estimate of drug-likeness (QED) is 0.789. The fourth-order valence-electron chi connectivity index (χ4n) is 2.26. The molecule has 0 amide bonds. The van der Waals surface area contributed by atoms with Crippen molar-refractivity contribution in [3.8, 4) is 0 Å². The van der Waals surface area contributed by atoms with Crippen LogP contribution in [0.3, 0.4) is 0 Å². The van der Waals surface area contributed by atoms with Gasteiger partial charge < -0.3 is 9.88 Å². The normalized spacial score (nSPS) is 12.6. The standard InChI is InChI=1S/C15H20IN3/c1-3-10-19-11-9-18-15(19)14(17-4-2)12-7-5-6-8-13(12)16/h5-9,11,14,17H,3-4,10H2,1-2H3. The summed E-state index contributed by atoms with van der Waals surface area (Å²) in [4.78, 5) is 4.57. The lowest BCUT2D eigenvalue weighted by molar-refractivity contribution is 0.542. The molecule has 0 fully saturated rings. The summed E-state index contributed by atoms with van der Waals surface area (Å²) in [6.45, 7) is 6.27. The van der Waals surface area contributed by atoms with Gasteiger partial charge in [-0.3, -0.25) is 0 Å². The van der Waals surface area contributed by atoms with Crippen LogP contribution >= 0.6 is 22.6 Å². The molecule has 0 aliphatic heterocycles. The number of hydrogen-bond acceptors (Lipinski definition) is 2. The fraction of sp³-hybridized carbons (Fsp3) is 0.400. The van der Waals surface area contributed by atoms with Crippen molar-refractivity contribution in [1.82, 2.24) is 14.9 Å². The maximum atomic E-state index is 4.57. The third-order valence-corrected chi connectivity index (χ3v) is 4.08. The molecule has 19 heavy (non-hydrogen) atoms. The average molecular weight is 369 g/mol. The molecule has 0 spiro atoms. The molecule has 2 aromatic rings. The van der Waals surface area contributed by atoms with Gasteiger partial charge in [-0.1, -0.05) is 32.0 Å². The monoisotopic (exact) mass is 369 g/mol. The van der Waals surface area contributed by atoms with Crippen LogP contribution in [-0.2, 0) is 6.54 Å². The number of nitrogens with zero attached hydrogens (tertiary/aromatic N) is 2. The van der Waals surface area contributed by atoms with E-state index in [9.17, 15) is 0 Å². The Kier molecular flexibility index (Phi) is 5.39. The van der Waals surface area contributed by atoms with E-state index in [1.807, 2.05) is 6.20 Å². The topological polar surface area (TPSA) is 29.9 Å². The highest BCUT2D eigenvalue weighted by atomic mass is 127. The maximum Gasteiger partial charge on any atom is 0.130 e. The van der Waals surface area contributed by atoms with Crippen LogP contribution in [0.1, 0.15) is 37.7 Å². The molecule has 0 saturated carbocycles. The number of hydrogen-bond donors (Lipinski definition) is 1. The van der Waals surface area contributed by atoms with Crippen molar-refractivity contribution in [2.24, 2.45) is 0 Å². The summed E-state index contributed by atoms with van der Waals surface area (Å²) >= 11 is 2.40. The molecule has 1 unspecified atom stereocenters. The average Bonchev–Trinajstić information content (AvgIpc) is 2.86. The van der Waals surface area contributed by atoms with Crippen molar-refractivity contribution >= 4 is 22.6 Å². The Morgan fingerprint density at radius 3 is 2.79 bits per heavy atom. The SMILES string of the molecule is CCCn1ccnc1C(NCC)c1ccccc1I. The second kappa shape index (κ2) is 7.05. The molecule has 3 nitrogen and oxygen atoms in total. The van der Waals surface area contributed by atoms with Crippen LogP contribution in [-0.4, -0.2) is 16.1 Å². The molecule has 2 rings (SSSR count). The van der Waals surface area contributed by atoms with Crippen molar-refractivity contribution in [3.63, 3.8) is 0 Å². The number of imidazole rings is 1. The van der Waals surface area contributed by atoms with E-state index in [0.717, 1.165) is 25.3 Å². The van der Waals surface area contributed by atoms with Crippen molar-refractivity contribution in [3.05, 3.63) is 51.6 Å². The summed E-state index contributed by atoms with van der Waals surface area (Å²) < 4.78 is 3.52. The summed E-state index contributed by atoms with van der Waals surface area (Å²) in [5, 5.41) is 3.55. The van der Waals surface area contributed by atoms with E-state index in [4.69, 9.17) is 0 Å². The number of rotatable bonds is 6. The summed E-state index contributed by atoms with van der Waals surface area (Å²) in [6, 6.07) is 8.66. The third kappa shape index (κ3) is 3.36. The van der Waals surface area contributed by atoms with E-state index >= 15 is 0 Å². The van der Waals surface area contributed by atoms with Crippen LogP contribution in [0.4, 0.5) is 0 Å². The van der Waals surface area contributed by atoms with Gasteiger partial charge in [-0.2, -0.15) is 0 Å². The minimum atomic E-state index is 0.166. The van der Waals surface area contributed by atoms with Gasteiger partial charge in [0.05, 0.1) is 6.04 Å². The second-order valence-electron chi connectivity index (χ2n) is 4.49. The number of halogens is 1. The largest absolute Gasteiger partial charge is 0.333 e. The van der Waals surface area contributed by atoms with Gasteiger partial charge >= 0.3 is 0 Å². The highest BCUT2D eigenvalue weighted by Gasteiger charge is 2.19. The number of benzene rings is 1. The Bertz CT molecular complexity index is 522. The summed E-state index contributed by atoms with van der Waals surface area (Å²) in [5.41, 5.74) is 1.30. The molecule has 1 N–H and O–H groups in total. The lowest BCUT2D eigenvalue weighted by Gasteiger charge is -2.20. The molecule has 0 radical (unpaired) electrons. The zero-order valence-electron chi connectivity index (χ0n) is 11.4. The predicted molar refractivity (Wildman–Crippen MR) is 87.2 cm³/mol. The molecule has 102 valence electrons. The lowest BCUT2D eigenvalue weighted by atomic mass is 10.1. The summed E-state index contributed by atoms with van der Waals surface area (Å²) in [6.07, 6.45) is 5.08. The molecule has 1 aromatic heterocycles. The van der Waals surface area contributed by atoms with Gasteiger partial charge in [0.2, 0.25) is 0 Å². The second-order valence-corrected chi connectivity index (χ2v) is 5.65. The molecular weight excluding hydrogens is 349 g/mol. The predicted octanol–water partition coefficient (Wildman–Crippen LogP) is 3.60. The molecular formula is C15H20IN3. The minimum absolute atomic E-state index is 0.166. The zero-order chi connectivity index (χ0) is 13.7. The molecule has 0 saturated heterocycles. The Hall–Kier alpha value is -0.880. The van der Waals surface area contributed by atoms with Gasteiger partial charge in [0.25, 0.3) is 0 Å². The van der Waals surface area contributed by atoms with Crippen LogP contribution in [0.2, 0.25) is 0 Å². The lowest BCUT2D eigenvalue weighted by Crippen LogP contribution is -2.26. The first-order chi connectivity index (χ1) is 9.27. The first-order valence-electron chi connectivity index (χ1n) is 6.76. The Labute approximate surface area is 128 Å². The molecule has 1 heterocycles. The smallest absolute Gasteiger partial charge is 0.130 e. The molecule has 0 bridgehead atoms. The minimum Gasteiger partial charge on any atom is -0.333 e. The van der Waals surface area contributed by atoms with Gasteiger partial charge in [0, 0.05) is 22.5 Å². The van der Waals surface area contributed by atoms with E-state index in [1.54, 1.807) is 0 Å². The van der Waals surface area contributed by atoms with E-state index in [0.29, 0.717) is 0 Å². The first-order valence-corrected chi connectivity index (χ1v) is 7.84. The highest BCUT2D eigenvalue weighted by Crippen LogP contribution is 2.25. The molecule has 0 aliphatic carbocycles. The Balaban J connectivity index is 2.40. The zero-order valence-corrected chi connectivity index (χ0v) is 13.6.